The fourth-order valence-electron chi connectivity index (χ4n) is 2.43. The third kappa shape index (κ3) is 3.61. The number of amidine groups is 1. The van der Waals surface area contributed by atoms with Gasteiger partial charge < -0.3 is 5.32 Å². The quantitative estimate of drug-likeness (QED) is 0.515. The number of aliphatic imine (C=N–C) groups is 1. The second kappa shape index (κ2) is 6.56. The standard InChI is InChI=1S/C19H20N2O/c1-20-18(21-17-5-3-2-4-6-17)13-14-7-9-15(10-8-14)19(22)16-11-12-16/h2-10,16H,11-13H2,1H3,(H,20,21). The molecule has 0 heterocycles. The molecule has 1 fully saturated rings. The Bertz CT molecular complexity index is 670. The summed E-state index contributed by atoms with van der Waals surface area (Å²) >= 11 is 0. The monoisotopic (exact) mass is 292 g/mol. The van der Waals surface area contributed by atoms with E-state index in [2.05, 4.69) is 10.3 Å². The van der Waals surface area contributed by atoms with Crippen LogP contribution in [0.5, 0.6) is 0 Å². The fourth-order valence-corrected chi connectivity index (χ4v) is 2.43. The number of anilines is 1. The molecule has 3 heteroatoms. The molecule has 112 valence electrons. The zero-order valence-corrected chi connectivity index (χ0v) is 12.8. The fraction of sp³-hybridized carbons (Fsp3) is 0.263. The predicted molar refractivity (Wildman–Crippen MR) is 90.6 cm³/mol. The molecule has 1 aliphatic rings. The number of nitrogens with one attached hydrogen (secondary N) is 1. The van der Waals surface area contributed by atoms with Gasteiger partial charge in [0, 0.05) is 30.6 Å². The molecular weight excluding hydrogens is 272 g/mol. The molecule has 3 rings (SSSR count). The van der Waals surface area contributed by atoms with Gasteiger partial charge in [-0.1, -0.05) is 42.5 Å². The van der Waals surface area contributed by atoms with E-state index in [9.17, 15) is 4.79 Å². The average Bonchev–Trinajstić information content (AvgIpc) is 3.40. The second-order valence-electron chi connectivity index (χ2n) is 5.67. The maximum absolute atomic E-state index is 12.0. The summed E-state index contributed by atoms with van der Waals surface area (Å²) in [6, 6.07) is 17.9. The van der Waals surface area contributed by atoms with Crippen molar-refractivity contribution >= 4 is 17.3 Å². The zero-order chi connectivity index (χ0) is 15.4. The smallest absolute Gasteiger partial charge is 0.165 e. The number of para-hydroxylation sites is 1. The van der Waals surface area contributed by atoms with Crippen molar-refractivity contribution in [2.45, 2.75) is 19.3 Å². The maximum Gasteiger partial charge on any atom is 0.165 e. The Morgan fingerprint density at radius 1 is 1.09 bits per heavy atom. The van der Waals surface area contributed by atoms with Crippen LogP contribution in [0.1, 0.15) is 28.8 Å². The van der Waals surface area contributed by atoms with Crippen LogP contribution in [-0.2, 0) is 6.42 Å². The van der Waals surface area contributed by atoms with E-state index in [1.165, 1.54) is 0 Å². The van der Waals surface area contributed by atoms with Gasteiger partial charge in [-0.2, -0.15) is 0 Å². The number of rotatable bonds is 5. The van der Waals surface area contributed by atoms with Crippen LogP contribution in [0.2, 0.25) is 0 Å². The number of carbonyl (C=O) groups excluding carboxylic acids is 1. The molecule has 1 saturated carbocycles. The predicted octanol–water partition coefficient (Wildman–Crippen LogP) is 3.96. The first kappa shape index (κ1) is 14.5. The lowest BCUT2D eigenvalue weighted by Gasteiger charge is -2.10. The number of carbonyl (C=O) groups is 1. The molecule has 3 nitrogen and oxygen atoms in total. The highest BCUT2D eigenvalue weighted by Gasteiger charge is 2.30. The molecule has 0 aromatic heterocycles. The summed E-state index contributed by atoms with van der Waals surface area (Å²) in [5.74, 6) is 1.48. The SMILES string of the molecule is CN=C(Cc1ccc(C(=O)C2CC2)cc1)Nc1ccccc1. The van der Waals surface area contributed by atoms with Gasteiger partial charge in [-0.05, 0) is 30.5 Å². The van der Waals surface area contributed by atoms with Crippen molar-refractivity contribution in [1.82, 2.24) is 0 Å². The molecule has 2 aromatic rings. The molecule has 0 spiro atoms. The largest absolute Gasteiger partial charge is 0.344 e. The number of ketones is 1. The minimum absolute atomic E-state index is 0.276. The van der Waals surface area contributed by atoms with Crippen LogP contribution in [-0.4, -0.2) is 18.7 Å². The van der Waals surface area contributed by atoms with Crippen molar-refractivity contribution in [1.29, 1.82) is 0 Å². The van der Waals surface area contributed by atoms with Gasteiger partial charge in [-0.15, -0.1) is 0 Å². The summed E-state index contributed by atoms with van der Waals surface area (Å²) in [4.78, 5) is 16.3. The number of benzene rings is 2. The van der Waals surface area contributed by atoms with Crippen LogP contribution in [0, 0.1) is 5.92 Å². The molecule has 0 bridgehead atoms. The van der Waals surface area contributed by atoms with E-state index in [0.29, 0.717) is 5.78 Å². The van der Waals surface area contributed by atoms with Crippen LogP contribution in [0.4, 0.5) is 5.69 Å². The van der Waals surface area contributed by atoms with Crippen LogP contribution in [0.15, 0.2) is 59.6 Å². The first-order chi connectivity index (χ1) is 10.8. The van der Waals surface area contributed by atoms with Crippen molar-refractivity contribution in [2.24, 2.45) is 10.9 Å². The maximum atomic E-state index is 12.0. The van der Waals surface area contributed by atoms with Crippen LogP contribution < -0.4 is 5.32 Å². The molecule has 0 amide bonds. The minimum Gasteiger partial charge on any atom is -0.344 e. The number of Topliss-reactive ketones (excluding diaryl/α,β-unsaturated/α-hetero) is 1. The number of hydrogen-bond acceptors (Lipinski definition) is 2. The van der Waals surface area contributed by atoms with Gasteiger partial charge in [0.05, 0.1) is 0 Å². The van der Waals surface area contributed by atoms with Crippen molar-refractivity contribution in [3.8, 4) is 0 Å². The van der Waals surface area contributed by atoms with Gasteiger partial charge in [0.1, 0.15) is 5.84 Å². The van der Waals surface area contributed by atoms with E-state index < -0.39 is 0 Å². The Morgan fingerprint density at radius 2 is 1.77 bits per heavy atom. The summed E-state index contributed by atoms with van der Waals surface area (Å²) in [5.41, 5.74) is 3.01. The summed E-state index contributed by atoms with van der Waals surface area (Å²) < 4.78 is 0. The minimum atomic E-state index is 0.276. The normalized spacial score (nSPS) is 14.7. The van der Waals surface area contributed by atoms with Crippen LogP contribution in [0.3, 0.4) is 0 Å². The molecule has 0 saturated heterocycles. The van der Waals surface area contributed by atoms with Crippen LogP contribution in [0.25, 0.3) is 0 Å². The van der Waals surface area contributed by atoms with Crippen molar-refractivity contribution < 1.29 is 4.79 Å². The van der Waals surface area contributed by atoms with E-state index in [0.717, 1.165) is 41.9 Å². The van der Waals surface area contributed by atoms with Gasteiger partial charge >= 0.3 is 0 Å². The molecule has 22 heavy (non-hydrogen) atoms. The average molecular weight is 292 g/mol. The van der Waals surface area contributed by atoms with E-state index in [4.69, 9.17) is 0 Å². The molecule has 0 unspecified atom stereocenters. The van der Waals surface area contributed by atoms with Crippen molar-refractivity contribution in [2.75, 3.05) is 12.4 Å². The third-order valence-corrected chi connectivity index (χ3v) is 3.89. The highest BCUT2D eigenvalue weighted by Crippen LogP contribution is 2.32. The first-order valence-electron chi connectivity index (χ1n) is 7.67. The van der Waals surface area contributed by atoms with Crippen LogP contribution >= 0.6 is 0 Å². The molecule has 0 aliphatic heterocycles. The number of nitrogens with zero attached hydrogens (tertiary/aromatic N) is 1. The Labute approximate surface area is 131 Å². The second-order valence-corrected chi connectivity index (χ2v) is 5.67. The van der Waals surface area contributed by atoms with E-state index in [1.807, 2.05) is 54.6 Å². The van der Waals surface area contributed by atoms with Gasteiger partial charge in [0.2, 0.25) is 0 Å². The topological polar surface area (TPSA) is 41.5 Å². The molecule has 2 aromatic carbocycles. The molecule has 0 atom stereocenters. The molecule has 0 radical (unpaired) electrons. The molecular formula is C19H20N2O. The number of hydrogen-bond donors (Lipinski definition) is 1. The van der Waals surface area contributed by atoms with Crippen molar-refractivity contribution in [3.63, 3.8) is 0 Å². The summed E-state index contributed by atoms with van der Waals surface area (Å²) in [6.07, 6.45) is 2.83. The lowest BCUT2D eigenvalue weighted by Crippen LogP contribution is -2.15. The van der Waals surface area contributed by atoms with Gasteiger partial charge in [0.25, 0.3) is 0 Å². The molecule has 1 N–H and O–H groups in total. The third-order valence-electron chi connectivity index (χ3n) is 3.89. The van der Waals surface area contributed by atoms with E-state index >= 15 is 0 Å². The Morgan fingerprint density at radius 3 is 2.36 bits per heavy atom. The first-order valence-corrected chi connectivity index (χ1v) is 7.67. The van der Waals surface area contributed by atoms with E-state index in [-0.39, 0.29) is 5.92 Å². The highest BCUT2D eigenvalue weighted by molar-refractivity contribution is 6.00. The van der Waals surface area contributed by atoms with Gasteiger partial charge in [-0.3, -0.25) is 9.79 Å². The Kier molecular flexibility index (Phi) is 4.33. The zero-order valence-electron chi connectivity index (χ0n) is 12.8. The highest BCUT2D eigenvalue weighted by atomic mass is 16.1. The summed E-state index contributed by atoms with van der Waals surface area (Å²) in [7, 11) is 1.79. The van der Waals surface area contributed by atoms with Gasteiger partial charge in [-0.25, -0.2) is 0 Å². The van der Waals surface area contributed by atoms with Crippen molar-refractivity contribution in [3.05, 3.63) is 65.7 Å². The summed E-state index contributed by atoms with van der Waals surface area (Å²) in [6.45, 7) is 0. The van der Waals surface area contributed by atoms with Gasteiger partial charge in [0.15, 0.2) is 5.78 Å². The summed E-state index contributed by atoms with van der Waals surface area (Å²) in [5, 5.41) is 3.33. The van der Waals surface area contributed by atoms with E-state index in [1.54, 1.807) is 7.05 Å². The Balaban J connectivity index is 1.65. The molecule has 1 aliphatic carbocycles. The Hall–Kier alpha value is -2.42. The lowest BCUT2D eigenvalue weighted by molar-refractivity contribution is 0.0967. The lowest BCUT2D eigenvalue weighted by atomic mass is 10.0.